The molecule has 2 heterocycles. The van der Waals surface area contributed by atoms with Crippen molar-refractivity contribution in [1.82, 2.24) is 14.8 Å². The average molecular weight is 433 g/mol. The predicted molar refractivity (Wildman–Crippen MR) is 112 cm³/mol. The van der Waals surface area contributed by atoms with Gasteiger partial charge < -0.3 is 14.3 Å². The molecular formula is C19H14Cl2N4O2S. The Labute approximate surface area is 174 Å². The SMILES string of the molecule is Cn1c(SCC(=O)Nc2ccc(Cl)cc2)nnc1-c1cc2cc(Cl)ccc2o1. The van der Waals surface area contributed by atoms with E-state index in [0.717, 1.165) is 11.0 Å². The van der Waals surface area contributed by atoms with Crippen molar-refractivity contribution >= 4 is 57.5 Å². The summed E-state index contributed by atoms with van der Waals surface area (Å²) in [6, 6.07) is 14.2. The lowest BCUT2D eigenvalue weighted by molar-refractivity contribution is -0.113. The molecular weight excluding hydrogens is 419 g/mol. The quantitative estimate of drug-likeness (QED) is 0.435. The van der Waals surface area contributed by atoms with Gasteiger partial charge in [-0.3, -0.25) is 4.79 Å². The van der Waals surface area contributed by atoms with Crippen LogP contribution in [-0.4, -0.2) is 26.4 Å². The van der Waals surface area contributed by atoms with Gasteiger partial charge in [0.2, 0.25) is 5.91 Å². The van der Waals surface area contributed by atoms with Gasteiger partial charge in [0.05, 0.1) is 5.75 Å². The van der Waals surface area contributed by atoms with Crippen molar-refractivity contribution in [3.8, 4) is 11.6 Å². The van der Waals surface area contributed by atoms with E-state index < -0.39 is 0 Å². The van der Waals surface area contributed by atoms with E-state index in [-0.39, 0.29) is 11.7 Å². The Bertz CT molecular complexity index is 1150. The van der Waals surface area contributed by atoms with Gasteiger partial charge in [-0.15, -0.1) is 10.2 Å². The van der Waals surface area contributed by atoms with Crippen molar-refractivity contribution in [2.75, 3.05) is 11.1 Å². The van der Waals surface area contributed by atoms with E-state index in [9.17, 15) is 4.79 Å². The summed E-state index contributed by atoms with van der Waals surface area (Å²) in [5.74, 6) is 1.22. The molecule has 0 radical (unpaired) electrons. The van der Waals surface area contributed by atoms with E-state index in [4.69, 9.17) is 27.6 Å². The number of carbonyl (C=O) groups is 1. The van der Waals surface area contributed by atoms with Crippen LogP contribution in [0.25, 0.3) is 22.6 Å². The highest BCUT2D eigenvalue weighted by Crippen LogP contribution is 2.30. The summed E-state index contributed by atoms with van der Waals surface area (Å²) < 4.78 is 7.63. The fourth-order valence-corrected chi connectivity index (χ4v) is 3.66. The van der Waals surface area contributed by atoms with Gasteiger partial charge in [-0.2, -0.15) is 0 Å². The number of rotatable bonds is 5. The summed E-state index contributed by atoms with van der Waals surface area (Å²) >= 11 is 13.2. The lowest BCUT2D eigenvalue weighted by Gasteiger charge is -2.05. The van der Waals surface area contributed by atoms with Crippen molar-refractivity contribution < 1.29 is 9.21 Å². The second kappa shape index (κ2) is 7.87. The van der Waals surface area contributed by atoms with Gasteiger partial charge in [-0.1, -0.05) is 35.0 Å². The van der Waals surface area contributed by atoms with Crippen molar-refractivity contribution in [1.29, 1.82) is 0 Å². The number of benzene rings is 2. The molecule has 0 fully saturated rings. The first-order valence-corrected chi connectivity index (χ1v) is 10.0. The highest BCUT2D eigenvalue weighted by Gasteiger charge is 2.16. The van der Waals surface area contributed by atoms with Crippen molar-refractivity contribution in [3.63, 3.8) is 0 Å². The highest BCUT2D eigenvalue weighted by atomic mass is 35.5. The maximum atomic E-state index is 12.2. The topological polar surface area (TPSA) is 73.0 Å². The molecule has 2 aromatic carbocycles. The number of thioether (sulfide) groups is 1. The summed E-state index contributed by atoms with van der Waals surface area (Å²) in [4.78, 5) is 12.2. The monoisotopic (exact) mass is 432 g/mol. The molecule has 0 saturated carbocycles. The Hall–Kier alpha value is -2.48. The highest BCUT2D eigenvalue weighted by molar-refractivity contribution is 7.99. The molecule has 9 heteroatoms. The molecule has 0 atom stereocenters. The predicted octanol–water partition coefficient (Wildman–Crippen LogP) is 5.27. The second-order valence-electron chi connectivity index (χ2n) is 6.00. The van der Waals surface area contributed by atoms with E-state index in [1.165, 1.54) is 11.8 Å². The number of fused-ring (bicyclic) bond motifs is 1. The number of hydrogen-bond acceptors (Lipinski definition) is 5. The first-order chi connectivity index (χ1) is 13.5. The summed E-state index contributed by atoms with van der Waals surface area (Å²) in [6.07, 6.45) is 0. The van der Waals surface area contributed by atoms with E-state index in [0.29, 0.717) is 32.5 Å². The molecule has 2 aromatic heterocycles. The number of aromatic nitrogens is 3. The third-order valence-electron chi connectivity index (χ3n) is 3.99. The first-order valence-electron chi connectivity index (χ1n) is 8.27. The maximum Gasteiger partial charge on any atom is 0.234 e. The minimum atomic E-state index is -0.143. The lowest BCUT2D eigenvalue weighted by Crippen LogP contribution is -2.14. The van der Waals surface area contributed by atoms with Gasteiger partial charge in [0.25, 0.3) is 0 Å². The number of anilines is 1. The van der Waals surface area contributed by atoms with E-state index >= 15 is 0 Å². The maximum absolute atomic E-state index is 12.2. The minimum absolute atomic E-state index is 0.143. The molecule has 0 aliphatic carbocycles. The molecule has 142 valence electrons. The number of hydrogen-bond donors (Lipinski definition) is 1. The lowest BCUT2D eigenvalue weighted by atomic mass is 10.2. The molecule has 1 amide bonds. The van der Waals surface area contributed by atoms with Crippen LogP contribution in [0.2, 0.25) is 10.0 Å². The third-order valence-corrected chi connectivity index (χ3v) is 5.50. The fraction of sp³-hybridized carbons (Fsp3) is 0.105. The molecule has 0 spiro atoms. The van der Waals surface area contributed by atoms with Gasteiger partial charge in [0.1, 0.15) is 5.58 Å². The zero-order chi connectivity index (χ0) is 19.7. The smallest absolute Gasteiger partial charge is 0.234 e. The third kappa shape index (κ3) is 4.01. The molecule has 28 heavy (non-hydrogen) atoms. The molecule has 0 saturated heterocycles. The van der Waals surface area contributed by atoms with Crippen LogP contribution in [0.3, 0.4) is 0 Å². The van der Waals surface area contributed by atoms with E-state index in [1.54, 1.807) is 34.9 Å². The number of nitrogens with zero attached hydrogens (tertiary/aromatic N) is 3. The van der Waals surface area contributed by atoms with Gasteiger partial charge in [-0.25, -0.2) is 0 Å². The van der Waals surface area contributed by atoms with Crippen LogP contribution in [0.1, 0.15) is 0 Å². The molecule has 0 aliphatic rings. The number of halogens is 2. The zero-order valence-corrected chi connectivity index (χ0v) is 17.0. The molecule has 4 rings (SSSR count). The van der Waals surface area contributed by atoms with Gasteiger partial charge in [-0.05, 0) is 48.5 Å². The van der Waals surface area contributed by atoms with E-state index in [2.05, 4.69) is 15.5 Å². The van der Waals surface area contributed by atoms with Gasteiger partial charge in [0.15, 0.2) is 16.7 Å². The van der Waals surface area contributed by atoms with Crippen molar-refractivity contribution in [2.45, 2.75) is 5.16 Å². The molecule has 6 nitrogen and oxygen atoms in total. The van der Waals surface area contributed by atoms with Crippen LogP contribution >= 0.6 is 35.0 Å². The van der Waals surface area contributed by atoms with Crippen molar-refractivity contribution in [3.05, 3.63) is 58.6 Å². The van der Waals surface area contributed by atoms with Crippen LogP contribution in [0.4, 0.5) is 5.69 Å². The van der Waals surface area contributed by atoms with Crippen LogP contribution in [0.5, 0.6) is 0 Å². The molecule has 0 aliphatic heterocycles. The first kappa shape index (κ1) is 18.9. The molecule has 0 unspecified atom stereocenters. The molecule has 4 aromatic rings. The summed E-state index contributed by atoms with van der Waals surface area (Å²) in [7, 11) is 1.83. The molecule has 1 N–H and O–H groups in total. The second-order valence-corrected chi connectivity index (χ2v) is 7.82. The molecule has 0 bridgehead atoms. The van der Waals surface area contributed by atoms with Gasteiger partial charge >= 0.3 is 0 Å². The fourth-order valence-electron chi connectivity index (χ4n) is 2.64. The van der Waals surface area contributed by atoms with Crippen LogP contribution in [-0.2, 0) is 11.8 Å². The number of amides is 1. The number of nitrogens with one attached hydrogen (secondary N) is 1. The standard InChI is InChI=1S/C19H14Cl2N4O2S/c1-25-18(16-9-11-8-13(21)4-7-15(11)27-16)23-24-19(25)28-10-17(26)22-14-5-2-12(20)3-6-14/h2-9H,10H2,1H3,(H,22,26). The Kier molecular flexibility index (Phi) is 5.30. The van der Waals surface area contributed by atoms with Gasteiger partial charge in [0, 0.05) is 28.2 Å². The van der Waals surface area contributed by atoms with Crippen molar-refractivity contribution in [2.24, 2.45) is 7.05 Å². The summed E-state index contributed by atoms with van der Waals surface area (Å²) in [5.41, 5.74) is 1.41. The van der Waals surface area contributed by atoms with Crippen LogP contribution in [0.15, 0.2) is 58.1 Å². The summed E-state index contributed by atoms with van der Waals surface area (Å²) in [5, 5.41) is 13.9. The summed E-state index contributed by atoms with van der Waals surface area (Å²) in [6.45, 7) is 0. The Morgan fingerprint density at radius 1 is 1.11 bits per heavy atom. The Balaban J connectivity index is 1.45. The van der Waals surface area contributed by atoms with E-state index in [1.807, 2.05) is 25.2 Å². The normalized spacial score (nSPS) is 11.1. The Morgan fingerprint density at radius 3 is 2.64 bits per heavy atom. The largest absolute Gasteiger partial charge is 0.453 e. The minimum Gasteiger partial charge on any atom is -0.453 e. The number of furan rings is 1. The Morgan fingerprint density at radius 2 is 1.86 bits per heavy atom. The zero-order valence-electron chi connectivity index (χ0n) is 14.6. The number of carbonyl (C=O) groups excluding carboxylic acids is 1. The average Bonchev–Trinajstić information content (AvgIpc) is 3.24. The van der Waals surface area contributed by atoms with Crippen LogP contribution in [0, 0.1) is 0 Å². The van der Waals surface area contributed by atoms with Crippen LogP contribution < -0.4 is 5.32 Å².